The van der Waals surface area contributed by atoms with Crippen molar-refractivity contribution in [3.8, 4) is 5.75 Å². The summed E-state index contributed by atoms with van der Waals surface area (Å²) in [5.41, 5.74) is 4.46. The fraction of sp³-hybridized carbons (Fsp3) is 0.545. The molecule has 2 heterocycles. The second-order valence-electron chi connectivity index (χ2n) is 12.3. The molecule has 3 aromatic rings. The lowest BCUT2D eigenvalue weighted by atomic mass is 9.86. The van der Waals surface area contributed by atoms with E-state index >= 15 is 0 Å². The zero-order valence-electron chi connectivity index (χ0n) is 25.0. The van der Waals surface area contributed by atoms with Crippen LogP contribution in [0.1, 0.15) is 51.7 Å². The Hall–Kier alpha value is -3.03. The predicted octanol–water partition coefficient (Wildman–Crippen LogP) is 5.82. The number of piperazine rings is 1. The maximum atomic E-state index is 12.6. The minimum Gasteiger partial charge on any atom is -0.496 e. The van der Waals surface area contributed by atoms with Gasteiger partial charge in [0.05, 0.1) is 12.6 Å². The molecule has 1 saturated heterocycles. The van der Waals surface area contributed by atoms with E-state index in [0.717, 1.165) is 75.3 Å². The zero-order chi connectivity index (χ0) is 28.3. The molecule has 1 aromatic heterocycles. The molecule has 7 nitrogen and oxygen atoms in total. The van der Waals surface area contributed by atoms with E-state index in [1.165, 1.54) is 29.7 Å². The minimum absolute atomic E-state index is 0.335. The molecule has 0 amide bonds. The van der Waals surface area contributed by atoms with Gasteiger partial charge in [0.15, 0.2) is 0 Å². The van der Waals surface area contributed by atoms with Gasteiger partial charge in [0.1, 0.15) is 11.4 Å². The second kappa shape index (κ2) is 12.2. The van der Waals surface area contributed by atoms with Crippen LogP contribution in [0.5, 0.6) is 5.75 Å². The summed E-state index contributed by atoms with van der Waals surface area (Å²) in [6.07, 6.45) is 6.10. The van der Waals surface area contributed by atoms with Crippen molar-refractivity contribution in [3.63, 3.8) is 0 Å². The number of ether oxygens (including phenoxy) is 2. The predicted molar refractivity (Wildman–Crippen MR) is 163 cm³/mol. The van der Waals surface area contributed by atoms with Crippen molar-refractivity contribution < 1.29 is 14.3 Å². The van der Waals surface area contributed by atoms with Crippen LogP contribution in [0.15, 0.2) is 48.7 Å². The van der Waals surface area contributed by atoms with E-state index in [-0.39, 0.29) is 6.09 Å². The third-order valence-electron chi connectivity index (χ3n) is 8.37. The molecule has 0 saturated carbocycles. The Morgan fingerprint density at radius 3 is 2.58 bits per heavy atom. The lowest BCUT2D eigenvalue weighted by Gasteiger charge is -2.39. The molecule has 5 rings (SSSR count). The van der Waals surface area contributed by atoms with Gasteiger partial charge in [-0.25, -0.2) is 4.79 Å². The van der Waals surface area contributed by atoms with Crippen LogP contribution in [0.3, 0.4) is 0 Å². The first-order chi connectivity index (χ1) is 19.3. The summed E-state index contributed by atoms with van der Waals surface area (Å²) in [5, 5.41) is 1.06. The number of hydrogen-bond donors (Lipinski definition) is 0. The van der Waals surface area contributed by atoms with Crippen LogP contribution in [0, 0.1) is 0 Å². The number of hydrogen-bond acceptors (Lipinski definition) is 6. The van der Waals surface area contributed by atoms with Crippen LogP contribution >= 0.6 is 0 Å². The number of nitrogens with zero attached hydrogens (tertiary/aromatic N) is 4. The van der Waals surface area contributed by atoms with Crippen molar-refractivity contribution in [2.75, 3.05) is 57.8 Å². The number of carbonyl (C=O) groups excluding carboxylic acids is 1. The molecule has 1 fully saturated rings. The summed E-state index contributed by atoms with van der Waals surface area (Å²) < 4.78 is 12.8. The van der Waals surface area contributed by atoms with Crippen molar-refractivity contribution in [2.24, 2.45) is 0 Å². The fourth-order valence-electron chi connectivity index (χ4n) is 6.32. The van der Waals surface area contributed by atoms with Crippen LogP contribution in [-0.2, 0) is 17.6 Å². The van der Waals surface area contributed by atoms with Crippen molar-refractivity contribution in [2.45, 2.75) is 65.0 Å². The van der Waals surface area contributed by atoms with Gasteiger partial charge in [-0.05, 0) is 94.5 Å². The van der Waals surface area contributed by atoms with Crippen LogP contribution in [-0.4, -0.2) is 85.0 Å². The lowest BCUT2D eigenvalue weighted by Crippen LogP contribution is -2.50. The van der Waals surface area contributed by atoms with Crippen LogP contribution in [0.2, 0.25) is 0 Å². The average molecular weight is 547 g/mol. The van der Waals surface area contributed by atoms with Gasteiger partial charge in [-0.1, -0.05) is 19.1 Å². The maximum Gasteiger partial charge on any atom is 0.418 e. The first kappa shape index (κ1) is 28.5. The van der Waals surface area contributed by atoms with E-state index < -0.39 is 5.60 Å². The average Bonchev–Trinajstić information content (AvgIpc) is 3.37. The minimum atomic E-state index is -0.517. The molecule has 1 aliphatic heterocycles. The normalized spacial score (nSPS) is 18.2. The molecular formula is C33H46N4O3. The Labute approximate surface area is 239 Å². The molecule has 1 atom stereocenters. The van der Waals surface area contributed by atoms with Crippen LogP contribution < -0.4 is 9.64 Å². The van der Waals surface area contributed by atoms with Gasteiger partial charge in [-0.3, -0.25) is 14.4 Å². The topological polar surface area (TPSA) is 50.2 Å². The number of methoxy groups -OCH3 is 1. The molecule has 1 aliphatic carbocycles. The summed E-state index contributed by atoms with van der Waals surface area (Å²) >= 11 is 0. The number of fused-ring (bicyclic) bond motifs is 2. The monoisotopic (exact) mass is 546 g/mol. The highest BCUT2D eigenvalue weighted by molar-refractivity contribution is 5.91. The van der Waals surface area contributed by atoms with Crippen molar-refractivity contribution in [1.29, 1.82) is 0 Å². The van der Waals surface area contributed by atoms with E-state index in [1.807, 2.05) is 39.1 Å². The second-order valence-corrected chi connectivity index (χ2v) is 12.3. The van der Waals surface area contributed by atoms with Gasteiger partial charge in [-0.15, -0.1) is 0 Å². The van der Waals surface area contributed by atoms with E-state index in [1.54, 1.807) is 11.7 Å². The summed E-state index contributed by atoms with van der Waals surface area (Å²) in [4.78, 5) is 20.4. The van der Waals surface area contributed by atoms with E-state index in [9.17, 15) is 4.79 Å². The van der Waals surface area contributed by atoms with Crippen LogP contribution in [0.4, 0.5) is 10.5 Å². The third kappa shape index (κ3) is 6.47. The van der Waals surface area contributed by atoms with Crippen LogP contribution in [0.25, 0.3) is 10.9 Å². The number of aromatic nitrogens is 1. The smallest absolute Gasteiger partial charge is 0.418 e. The lowest BCUT2D eigenvalue weighted by molar-refractivity contribution is 0.0544. The van der Waals surface area contributed by atoms with E-state index in [2.05, 4.69) is 52.0 Å². The van der Waals surface area contributed by atoms with Gasteiger partial charge >= 0.3 is 6.09 Å². The zero-order valence-corrected chi connectivity index (χ0v) is 25.0. The Bertz CT molecular complexity index is 1300. The Morgan fingerprint density at radius 2 is 1.85 bits per heavy atom. The summed E-state index contributed by atoms with van der Waals surface area (Å²) in [5.74, 6) is 1.05. The molecule has 7 heteroatoms. The standard InChI is InChI=1S/C33H46N4O3/c1-6-15-35(27-10-12-29-25(23-27)8-7-9-31(29)39-5)20-17-34-18-21-36(22-19-34)28-11-13-30-26(24-28)14-16-37(30)32(38)40-33(2,3)4/h7-9,11,13-14,16,24,27H,6,10,12,15,17-23H2,1-5H3. The maximum absolute atomic E-state index is 12.6. The van der Waals surface area contributed by atoms with Crippen molar-refractivity contribution >= 4 is 22.7 Å². The van der Waals surface area contributed by atoms with Crippen molar-refractivity contribution in [3.05, 3.63) is 59.8 Å². The molecule has 0 spiro atoms. The largest absolute Gasteiger partial charge is 0.496 e. The van der Waals surface area contributed by atoms with Gasteiger partial charge < -0.3 is 14.4 Å². The number of rotatable bonds is 8. The first-order valence-corrected chi connectivity index (χ1v) is 15.0. The number of anilines is 1. The highest BCUT2D eigenvalue weighted by atomic mass is 16.6. The molecule has 40 heavy (non-hydrogen) atoms. The molecule has 2 aliphatic rings. The Kier molecular flexibility index (Phi) is 8.71. The van der Waals surface area contributed by atoms with Gasteiger partial charge in [0.25, 0.3) is 0 Å². The molecule has 2 aromatic carbocycles. The molecule has 0 N–H and O–H groups in total. The highest BCUT2D eigenvalue weighted by Gasteiger charge is 2.27. The molecule has 1 unspecified atom stereocenters. The quantitative estimate of drug-likeness (QED) is 0.355. The van der Waals surface area contributed by atoms with Gasteiger partial charge in [0, 0.05) is 62.6 Å². The number of benzene rings is 2. The molecule has 0 bridgehead atoms. The summed E-state index contributed by atoms with van der Waals surface area (Å²) in [6, 6.07) is 15.5. The molecular weight excluding hydrogens is 500 g/mol. The van der Waals surface area contributed by atoms with Gasteiger partial charge in [-0.2, -0.15) is 0 Å². The van der Waals surface area contributed by atoms with E-state index in [0.29, 0.717) is 6.04 Å². The molecule has 216 valence electrons. The summed E-state index contributed by atoms with van der Waals surface area (Å²) in [7, 11) is 1.78. The van der Waals surface area contributed by atoms with Crippen molar-refractivity contribution in [1.82, 2.24) is 14.4 Å². The number of carbonyl (C=O) groups is 1. The Balaban J connectivity index is 1.15. The first-order valence-electron chi connectivity index (χ1n) is 15.0. The summed E-state index contributed by atoms with van der Waals surface area (Å²) in [6.45, 7) is 15.5. The third-order valence-corrected chi connectivity index (χ3v) is 8.37. The fourth-order valence-corrected chi connectivity index (χ4v) is 6.32. The van der Waals surface area contributed by atoms with E-state index in [4.69, 9.17) is 9.47 Å². The highest BCUT2D eigenvalue weighted by Crippen LogP contribution is 2.31. The van der Waals surface area contributed by atoms with Gasteiger partial charge in [0.2, 0.25) is 0 Å². The Morgan fingerprint density at radius 1 is 1.05 bits per heavy atom. The molecule has 0 radical (unpaired) electrons. The SMILES string of the molecule is CCCN(CCN1CCN(c2ccc3c(ccn3C(=O)OC(C)(C)C)c2)CC1)C1CCc2c(cccc2OC)C1.